The number of rotatable bonds is 1. The Morgan fingerprint density at radius 2 is 1.87 bits per heavy atom. The number of halogens is 1. The van der Waals surface area contributed by atoms with Crippen LogP contribution in [0.5, 0.6) is 0 Å². The quantitative estimate of drug-likeness (QED) is 0.713. The van der Waals surface area contributed by atoms with Gasteiger partial charge in [-0.05, 0) is 18.4 Å². The Kier molecular flexibility index (Phi) is 2.43. The van der Waals surface area contributed by atoms with Crippen LogP contribution in [0.4, 0.5) is 0 Å². The van der Waals surface area contributed by atoms with Crippen LogP contribution in [0.3, 0.4) is 0 Å². The van der Waals surface area contributed by atoms with Crippen molar-refractivity contribution >= 4 is 11.6 Å². The fourth-order valence-corrected chi connectivity index (χ4v) is 3.29. The molecule has 2 aliphatic rings. The fourth-order valence-electron chi connectivity index (χ4n) is 2.84. The van der Waals surface area contributed by atoms with E-state index in [1.54, 1.807) is 0 Å². The van der Waals surface area contributed by atoms with Gasteiger partial charge in [0.25, 0.3) is 0 Å². The number of hydrazine groups is 1. The van der Waals surface area contributed by atoms with E-state index in [1.165, 1.54) is 12.0 Å². The molecule has 80 valence electrons. The summed E-state index contributed by atoms with van der Waals surface area (Å²) in [6.07, 6.45) is 2.32. The van der Waals surface area contributed by atoms with E-state index in [1.807, 2.05) is 0 Å². The lowest BCUT2D eigenvalue weighted by molar-refractivity contribution is 0.466. The van der Waals surface area contributed by atoms with Crippen LogP contribution < -0.4 is 10.9 Å². The van der Waals surface area contributed by atoms with Gasteiger partial charge in [-0.2, -0.15) is 0 Å². The van der Waals surface area contributed by atoms with Crippen molar-refractivity contribution in [2.24, 2.45) is 5.92 Å². The SMILES string of the molecule is ClC1CCC2NNC(c3ccccc3)C12. The van der Waals surface area contributed by atoms with Crippen molar-refractivity contribution in [1.82, 2.24) is 10.9 Å². The molecule has 1 aliphatic heterocycles. The maximum Gasteiger partial charge on any atom is 0.0520 e. The zero-order valence-corrected chi connectivity index (χ0v) is 9.24. The average molecular weight is 223 g/mol. The first-order valence-electron chi connectivity index (χ1n) is 5.56. The normalized spacial score (nSPS) is 39.3. The van der Waals surface area contributed by atoms with Crippen molar-refractivity contribution in [1.29, 1.82) is 0 Å². The Morgan fingerprint density at radius 1 is 1.07 bits per heavy atom. The summed E-state index contributed by atoms with van der Waals surface area (Å²) in [4.78, 5) is 0. The van der Waals surface area contributed by atoms with E-state index >= 15 is 0 Å². The minimum absolute atomic E-state index is 0.308. The van der Waals surface area contributed by atoms with Crippen molar-refractivity contribution in [2.75, 3.05) is 0 Å². The number of alkyl halides is 1. The molecule has 0 radical (unpaired) electrons. The van der Waals surface area contributed by atoms with Crippen molar-refractivity contribution < 1.29 is 0 Å². The van der Waals surface area contributed by atoms with E-state index in [-0.39, 0.29) is 0 Å². The number of hydrogen-bond acceptors (Lipinski definition) is 2. The minimum Gasteiger partial charge on any atom is -0.254 e. The third kappa shape index (κ3) is 1.57. The first kappa shape index (κ1) is 9.64. The summed E-state index contributed by atoms with van der Waals surface area (Å²) in [5, 5.41) is 0.308. The van der Waals surface area contributed by atoms with Gasteiger partial charge in [-0.25, -0.2) is 5.43 Å². The molecule has 2 fully saturated rings. The van der Waals surface area contributed by atoms with Gasteiger partial charge in [-0.3, -0.25) is 5.43 Å². The summed E-state index contributed by atoms with van der Waals surface area (Å²) in [5.41, 5.74) is 8.07. The highest BCUT2D eigenvalue weighted by atomic mass is 35.5. The molecule has 15 heavy (non-hydrogen) atoms. The van der Waals surface area contributed by atoms with Crippen LogP contribution in [0.25, 0.3) is 0 Å². The molecule has 0 aromatic heterocycles. The minimum atomic E-state index is 0.308. The average Bonchev–Trinajstić information content (AvgIpc) is 2.84. The molecule has 1 aromatic rings. The standard InChI is InChI=1S/C12H15ClN2/c13-9-6-7-10-11(9)12(15-14-10)8-4-2-1-3-5-8/h1-5,9-12,14-15H,6-7H2. The molecule has 1 saturated heterocycles. The smallest absolute Gasteiger partial charge is 0.0520 e. The lowest BCUT2D eigenvalue weighted by Crippen LogP contribution is -2.30. The van der Waals surface area contributed by atoms with Crippen molar-refractivity contribution in [3.05, 3.63) is 35.9 Å². The van der Waals surface area contributed by atoms with Gasteiger partial charge in [-0.1, -0.05) is 30.3 Å². The summed E-state index contributed by atoms with van der Waals surface area (Å²) in [6.45, 7) is 0. The Hall–Kier alpha value is -0.570. The molecular weight excluding hydrogens is 208 g/mol. The molecule has 3 heteroatoms. The van der Waals surface area contributed by atoms with Crippen LogP contribution in [-0.2, 0) is 0 Å². The molecular formula is C12H15ClN2. The lowest BCUT2D eigenvalue weighted by atomic mass is 9.91. The van der Waals surface area contributed by atoms with Gasteiger partial charge in [0.2, 0.25) is 0 Å². The van der Waals surface area contributed by atoms with E-state index in [4.69, 9.17) is 11.6 Å². The number of benzene rings is 1. The Balaban J connectivity index is 1.88. The Labute approximate surface area is 95.0 Å². The predicted octanol–water partition coefficient (Wildman–Crippen LogP) is 2.22. The second-order valence-electron chi connectivity index (χ2n) is 4.45. The van der Waals surface area contributed by atoms with Gasteiger partial charge < -0.3 is 0 Å². The maximum atomic E-state index is 6.38. The van der Waals surface area contributed by atoms with Gasteiger partial charge in [0.1, 0.15) is 0 Å². The maximum absolute atomic E-state index is 6.38. The highest BCUT2D eigenvalue weighted by Gasteiger charge is 2.44. The number of hydrogen-bond donors (Lipinski definition) is 2. The van der Waals surface area contributed by atoms with E-state index in [9.17, 15) is 0 Å². The first-order valence-corrected chi connectivity index (χ1v) is 6.00. The van der Waals surface area contributed by atoms with Gasteiger partial charge in [0, 0.05) is 17.3 Å². The summed E-state index contributed by atoms with van der Waals surface area (Å²) >= 11 is 6.38. The van der Waals surface area contributed by atoms with Crippen LogP contribution in [0.15, 0.2) is 30.3 Å². The van der Waals surface area contributed by atoms with E-state index in [0.717, 1.165) is 6.42 Å². The summed E-state index contributed by atoms with van der Waals surface area (Å²) < 4.78 is 0. The first-order chi connectivity index (χ1) is 7.36. The fraction of sp³-hybridized carbons (Fsp3) is 0.500. The van der Waals surface area contributed by atoms with E-state index < -0.39 is 0 Å². The van der Waals surface area contributed by atoms with Crippen LogP contribution in [0, 0.1) is 5.92 Å². The second-order valence-corrected chi connectivity index (χ2v) is 5.01. The van der Waals surface area contributed by atoms with E-state index in [2.05, 4.69) is 41.2 Å². The molecule has 0 amide bonds. The molecule has 1 aliphatic carbocycles. The third-order valence-corrected chi connectivity index (χ3v) is 4.11. The molecule has 1 aromatic carbocycles. The molecule has 2 N–H and O–H groups in total. The highest BCUT2D eigenvalue weighted by Crippen LogP contribution is 2.41. The highest BCUT2D eigenvalue weighted by molar-refractivity contribution is 6.21. The molecule has 1 saturated carbocycles. The summed E-state index contributed by atoms with van der Waals surface area (Å²) in [6, 6.07) is 11.5. The van der Waals surface area contributed by atoms with Gasteiger partial charge in [-0.15, -0.1) is 11.6 Å². The third-order valence-electron chi connectivity index (χ3n) is 3.60. The molecule has 2 nitrogen and oxygen atoms in total. The van der Waals surface area contributed by atoms with Crippen molar-refractivity contribution in [3.63, 3.8) is 0 Å². The van der Waals surface area contributed by atoms with E-state index in [0.29, 0.717) is 23.4 Å². The molecule has 0 bridgehead atoms. The zero-order chi connectivity index (χ0) is 10.3. The zero-order valence-electron chi connectivity index (χ0n) is 8.49. The van der Waals surface area contributed by atoms with Crippen LogP contribution in [0.2, 0.25) is 0 Å². The van der Waals surface area contributed by atoms with Crippen molar-refractivity contribution in [3.8, 4) is 0 Å². The van der Waals surface area contributed by atoms with Crippen LogP contribution in [0.1, 0.15) is 24.4 Å². The Bertz CT molecular complexity index is 341. The van der Waals surface area contributed by atoms with Gasteiger partial charge >= 0.3 is 0 Å². The second kappa shape index (κ2) is 3.78. The lowest BCUT2D eigenvalue weighted by Gasteiger charge is -2.20. The topological polar surface area (TPSA) is 24.1 Å². The Morgan fingerprint density at radius 3 is 2.67 bits per heavy atom. The summed E-state index contributed by atoms with van der Waals surface area (Å²) in [5.74, 6) is 0.536. The predicted molar refractivity (Wildman–Crippen MR) is 61.6 cm³/mol. The van der Waals surface area contributed by atoms with Gasteiger partial charge in [0.05, 0.1) is 6.04 Å². The molecule has 0 spiro atoms. The monoisotopic (exact) mass is 222 g/mol. The number of nitrogens with one attached hydrogen (secondary N) is 2. The van der Waals surface area contributed by atoms with Crippen LogP contribution >= 0.6 is 11.6 Å². The van der Waals surface area contributed by atoms with Gasteiger partial charge in [0.15, 0.2) is 0 Å². The number of fused-ring (bicyclic) bond motifs is 1. The summed E-state index contributed by atoms with van der Waals surface area (Å²) in [7, 11) is 0. The molecule has 3 rings (SSSR count). The molecule has 4 unspecified atom stereocenters. The molecule has 4 atom stereocenters. The largest absolute Gasteiger partial charge is 0.254 e. The molecule has 1 heterocycles. The van der Waals surface area contributed by atoms with Crippen LogP contribution in [-0.4, -0.2) is 11.4 Å². The van der Waals surface area contributed by atoms with Crippen molar-refractivity contribution in [2.45, 2.75) is 30.3 Å².